The summed E-state index contributed by atoms with van der Waals surface area (Å²) in [6, 6.07) is 0. The minimum atomic E-state index is -4.20. The molecule has 1 unspecified atom stereocenters. The molecule has 0 aliphatic carbocycles. The van der Waals surface area contributed by atoms with Crippen molar-refractivity contribution in [3.8, 4) is 0 Å². The average molecular weight is 291 g/mol. The Hall–Kier alpha value is 0.230. The summed E-state index contributed by atoms with van der Waals surface area (Å²) in [5.74, 6) is 0. The zero-order chi connectivity index (χ0) is 11.9. The Kier molecular flexibility index (Phi) is 6.84. The van der Waals surface area contributed by atoms with Crippen LogP contribution in [-0.4, -0.2) is 24.7 Å². The van der Waals surface area contributed by atoms with E-state index in [0.29, 0.717) is 6.42 Å². The summed E-state index contributed by atoms with van der Waals surface area (Å²) >= 11 is 3.41. The minimum Gasteiger partial charge on any atom is -0.372 e. The molecular formula is C10H18BrF3O. The molecule has 0 aromatic rings. The second kappa shape index (κ2) is 6.74. The molecule has 1 nitrogen and oxygen atoms in total. The van der Waals surface area contributed by atoms with Crippen molar-refractivity contribution in [1.29, 1.82) is 0 Å². The SMILES string of the molecule is CCC(C)(CBr)CCCOCC(F)(F)F. The van der Waals surface area contributed by atoms with Crippen LogP contribution in [0.4, 0.5) is 13.2 Å². The smallest absolute Gasteiger partial charge is 0.372 e. The van der Waals surface area contributed by atoms with E-state index in [4.69, 9.17) is 0 Å². The fourth-order valence-electron chi connectivity index (χ4n) is 1.13. The highest BCUT2D eigenvalue weighted by Gasteiger charge is 2.27. The van der Waals surface area contributed by atoms with Crippen LogP contribution in [0.3, 0.4) is 0 Å². The van der Waals surface area contributed by atoms with Crippen LogP contribution in [0.15, 0.2) is 0 Å². The number of hydrogen-bond acceptors (Lipinski definition) is 1. The Morgan fingerprint density at radius 2 is 1.87 bits per heavy atom. The van der Waals surface area contributed by atoms with Crippen molar-refractivity contribution in [3.05, 3.63) is 0 Å². The fourth-order valence-corrected chi connectivity index (χ4v) is 1.80. The quantitative estimate of drug-likeness (QED) is 0.505. The van der Waals surface area contributed by atoms with Gasteiger partial charge in [0.1, 0.15) is 6.61 Å². The van der Waals surface area contributed by atoms with Crippen molar-refractivity contribution in [2.45, 2.75) is 39.3 Å². The van der Waals surface area contributed by atoms with E-state index in [1.807, 2.05) is 0 Å². The number of halogens is 4. The van der Waals surface area contributed by atoms with Gasteiger partial charge in [0.05, 0.1) is 0 Å². The van der Waals surface area contributed by atoms with Gasteiger partial charge in [-0.2, -0.15) is 13.2 Å². The molecular weight excluding hydrogens is 273 g/mol. The molecule has 1 atom stereocenters. The molecule has 5 heteroatoms. The third-order valence-corrected chi connectivity index (χ3v) is 3.86. The highest BCUT2D eigenvalue weighted by Crippen LogP contribution is 2.29. The second-order valence-electron chi connectivity index (χ2n) is 4.07. The summed E-state index contributed by atoms with van der Waals surface area (Å²) in [7, 11) is 0. The number of hydrogen-bond donors (Lipinski definition) is 0. The van der Waals surface area contributed by atoms with E-state index in [9.17, 15) is 13.2 Å². The fraction of sp³-hybridized carbons (Fsp3) is 1.00. The summed E-state index contributed by atoms with van der Waals surface area (Å²) in [4.78, 5) is 0. The molecule has 0 bridgehead atoms. The zero-order valence-electron chi connectivity index (χ0n) is 9.16. The Labute approximate surface area is 97.5 Å². The lowest BCUT2D eigenvalue weighted by Gasteiger charge is -2.25. The highest BCUT2D eigenvalue weighted by molar-refractivity contribution is 9.09. The van der Waals surface area contributed by atoms with E-state index in [2.05, 4.69) is 34.5 Å². The van der Waals surface area contributed by atoms with Crippen molar-refractivity contribution in [3.63, 3.8) is 0 Å². The van der Waals surface area contributed by atoms with Gasteiger partial charge in [0, 0.05) is 11.9 Å². The van der Waals surface area contributed by atoms with Crippen LogP contribution in [0, 0.1) is 5.41 Å². The molecule has 0 saturated carbocycles. The first-order valence-corrected chi connectivity index (χ1v) is 6.15. The summed E-state index contributed by atoms with van der Waals surface area (Å²) in [6.07, 6.45) is -1.64. The molecule has 92 valence electrons. The molecule has 0 aliphatic heterocycles. The molecule has 0 heterocycles. The first-order valence-electron chi connectivity index (χ1n) is 5.03. The monoisotopic (exact) mass is 290 g/mol. The molecule has 15 heavy (non-hydrogen) atoms. The number of ether oxygens (including phenoxy) is 1. The van der Waals surface area contributed by atoms with Crippen molar-refractivity contribution < 1.29 is 17.9 Å². The van der Waals surface area contributed by atoms with Crippen molar-refractivity contribution in [2.75, 3.05) is 18.5 Å². The highest BCUT2D eigenvalue weighted by atomic mass is 79.9. The summed E-state index contributed by atoms with van der Waals surface area (Å²) < 4.78 is 39.7. The molecule has 0 radical (unpaired) electrons. The van der Waals surface area contributed by atoms with Gasteiger partial charge in [0.25, 0.3) is 0 Å². The standard InChI is InChI=1S/C10H18BrF3O/c1-3-9(2,7-11)5-4-6-15-8-10(12,13)14/h3-8H2,1-2H3. The normalized spacial score (nSPS) is 16.4. The predicted octanol–water partition coefficient (Wildman–Crippen LogP) is 4.16. The third-order valence-electron chi connectivity index (χ3n) is 2.51. The van der Waals surface area contributed by atoms with Gasteiger partial charge in [-0.25, -0.2) is 0 Å². The largest absolute Gasteiger partial charge is 0.411 e. The van der Waals surface area contributed by atoms with Crippen LogP contribution in [0.2, 0.25) is 0 Å². The first-order chi connectivity index (χ1) is 6.83. The first kappa shape index (κ1) is 15.2. The van der Waals surface area contributed by atoms with E-state index in [-0.39, 0.29) is 12.0 Å². The summed E-state index contributed by atoms with van der Waals surface area (Å²) in [5, 5.41) is 0.871. The Bertz CT molecular complexity index is 167. The van der Waals surface area contributed by atoms with Crippen molar-refractivity contribution >= 4 is 15.9 Å². The topological polar surface area (TPSA) is 9.23 Å². The van der Waals surface area contributed by atoms with E-state index in [0.717, 1.165) is 18.2 Å². The van der Waals surface area contributed by atoms with Gasteiger partial charge in [-0.05, 0) is 24.7 Å². The van der Waals surface area contributed by atoms with Gasteiger partial charge >= 0.3 is 6.18 Å². The van der Waals surface area contributed by atoms with Gasteiger partial charge in [0.2, 0.25) is 0 Å². The molecule has 0 aromatic carbocycles. The maximum atomic E-state index is 11.7. The molecule has 0 amide bonds. The van der Waals surface area contributed by atoms with Gasteiger partial charge in [-0.1, -0.05) is 29.8 Å². The van der Waals surface area contributed by atoms with Gasteiger partial charge in [-0.3, -0.25) is 0 Å². The van der Waals surface area contributed by atoms with Gasteiger partial charge in [-0.15, -0.1) is 0 Å². The van der Waals surface area contributed by atoms with Crippen LogP contribution < -0.4 is 0 Å². The van der Waals surface area contributed by atoms with Crippen LogP contribution in [0.5, 0.6) is 0 Å². The maximum absolute atomic E-state index is 11.7. The van der Waals surface area contributed by atoms with Crippen LogP contribution in [0.1, 0.15) is 33.1 Å². The second-order valence-corrected chi connectivity index (χ2v) is 4.63. The van der Waals surface area contributed by atoms with Crippen LogP contribution in [-0.2, 0) is 4.74 Å². The van der Waals surface area contributed by atoms with Crippen LogP contribution >= 0.6 is 15.9 Å². The third kappa shape index (κ3) is 8.08. The summed E-state index contributed by atoms with van der Waals surface area (Å²) in [5.41, 5.74) is 0.168. The number of rotatable bonds is 7. The lowest BCUT2D eigenvalue weighted by atomic mass is 9.85. The molecule has 0 rings (SSSR count). The Morgan fingerprint density at radius 1 is 1.27 bits per heavy atom. The molecule has 0 aromatic heterocycles. The Balaban J connectivity index is 3.54. The molecule has 0 fully saturated rings. The average Bonchev–Trinajstić information content (AvgIpc) is 2.15. The maximum Gasteiger partial charge on any atom is 0.411 e. The van der Waals surface area contributed by atoms with Gasteiger partial charge in [0.15, 0.2) is 0 Å². The number of alkyl halides is 4. The minimum absolute atomic E-state index is 0.168. The molecule has 0 N–H and O–H groups in total. The lowest BCUT2D eigenvalue weighted by Crippen LogP contribution is -2.20. The van der Waals surface area contributed by atoms with E-state index in [1.165, 1.54) is 0 Å². The van der Waals surface area contributed by atoms with Crippen molar-refractivity contribution in [2.24, 2.45) is 5.41 Å². The van der Waals surface area contributed by atoms with Crippen LogP contribution in [0.25, 0.3) is 0 Å². The Morgan fingerprint density at radius 3 is 2.27 bits per heavy atom. The van der Waals surface area contributed by atoms with E-state index < -0.39 is 12.8 Å². The summed E-state index contributed by atoms with van der Waals surface area (Å²) in [6.45, 7) is 3.25. The molecule has 0 saturated heterocycles. The molecule has 0 aliphatic rings. The van der Waals surface area contributed by atoms with E-state index >= 15 is 0 Å². The lowest BCUT2D eigenvalue weighted by molar-refractivity contribution is -0.174. The van der Waals surface area contributed by atoms with Gasteiger partial charge < -0.3 is 4.74 Å². The predicted molar refractivity (Wildman–Crippen MR) is 58.3 cm³/mol. The van der Waals surface area contributed by atoms with E-state index in [1.54, 1.807) is 0 Å². The zero-order valence-corrected chi connectivity index (χ0v) is 10.7. The molecule has 0 spiro atoms. The van der Waals surface area contributed by atoms with Crippen molar-refractivity contribution in [1.82, 2.24) is 0 Å².